The van der Waals surface area contributed by atoms with E-state index in [2.05, 4.69) is 10.4 Å². The quantitative estimate of drug-likeness (QED) is 0.726. The van der Waals surface area contributed by atoms with Crippen LogP contribution in [0.5, 0.6) is 0 Å². The number of ether oxygens (including phenoxy) is 1. The molecule has 1 N–H and O–H groups in total. The summed E-state index contributed by atoms with van der Waals surface area (Å²) >= 11 is 0. The van der Waals surface area contributed by atoms with Crippen molar-refractivity contribution < 1.29 is 14.3 Å². The van der Waals surface area contributed by atoms with Gasteiger partial charge in [0.1, 0.15) is 11.3 Å². The van der Waals surface area contributed by atoms with E-state index in [1.807, 2.05) is 6.92 Å². The lowest BCUT2D eigenvalue weighted by Crippen LogP contribution is -2.43. The van der Waals surface area contributed by atoms with Crippen LogP contribution < -0.4 is 5.32 Å². The first-order valence-electron chi connectivity index (χ1n) is 5.17. The van der Waals surface area contributed by atoms with Crippen molar-refractivity contribution in [2.24, 2.45) is 0 Å². The van der Waals surface area contributed by atoms with Gasteiger partial charge < -0.3 is 10.1 Å². The van der Waals surface area contributed by atoms with E-state index < -0.39 is 5.97 Å². The SMILES string of the molecule is CCOC(=O)c1cnn2c1C(=O)NC(C)C2. The number of hydrogen-bond donors (Lipinski definition) is 1. The van der Waals surface area contributed by atoms with E-state index in [-0.39, 0.29) is 29.8 Å². The summed E-state index contributed by atoms with van der Waals surface area (Å²) in [4.78, 5) is 23.3. The molecule has 2 heterocycles. The molecule has 0 bridgehead atoms. The van der Waals surface area contributed by atoms with Crippen molar-refractivity contribution in [3.63, 3.8) is 0 Å². The number of carbonyl (C=O) groups is 2. The maximum Gasteiger partial charge on any atom is 0.342 e. The standard InChI is InChI=1S/C10H13N3O3/c1-3-16-10(15)7-4-11-13-5-6(2)12-9(14)8(7)13/h4,6H,3,5H2,1-2H3,(H,12,14). The van der Waals surface area contributed by atoms with E-state index in [9.17, 15) is 9.59 Å². The molecule has 86 valence electrons. The molecule has 6 nitrogen and oxygen atoms in total. The molecule has 1 aromatic heterocycles. The predicted octanol–water partition coefficient (Wildman–Crippen LogP) is 0.192. The summed E-state index contributed by atoms with van der Waals surface area (Å²) in [7, 11) is 0. The average molecular weight is 223 g/mol. The van der Waals surface area contributed by atoms with Gasteiger partial charge in [-0.05, 0) is 13.8 Å². The number of hydrogen-bond acceptors (Lipinski definition) is 4. The van der Waals surface area contributed by atoms with Crippen molar-refractivity contribution >= 4 is 11.9 Å². The van der Waals surface area contributed by atoms with Gasteiger partial charge in [-0.25, -0.2) is 4.79 Å². The second-order valence-corrected chi connectivity index (χ2v) is 3.68. The molecule has 1 aromatic rings. The highest BCUT2D eigenvalue weighted by Gasteiger charge is 2.29. The van der Waals surface area contributed by atoms with E-state index in [0.29, 0.717) is 6.54 Å². The van der Waals surface area contributed by atoms with E-state index >= 15 is 0 Å². The Morgan fingerprint density at radius 1 is 1.75 bits per heavy atom. The highest BCUT2D eigenvalue weighted by molar-refractivity contribution is 6.04. The van der Waals surface area contributed by atoms with Crippen molar-refractivity contribution in [2.75, 3.05) is 6.61 Å². The van der Waals surface area contributed by atoms with Crippen LogP contribution in [0.15, 0.2) is 6.20 Å². The van der Waals surface area contributed by atoms with Gasteiger partial charge in [0, 0.05) is 6.04 Å². The van der Waals surface area contributed by atoms with E-state index in [1.54, 1.807) is 6.92 Å². The minimum atomic E-state index is -0.506. The van der Waals surface area contributed by atoms with Crippen molar-refractivity contribution in [1.82, 2.24) is 15.1 Å². The largest absolute Gasteiger partial charge is 0.462 e. The van der Waals surface area contributed by atoms with Crippen molar-refractivity contribution in [3.05, 3.63) is 17.5 Å². The molecule has 0 aromatic carbocycles. The second-order valence-electron chi connectivity index (χ2n) is 3.68. The molecule has 1 aliphatic heterocycles. The van der Waals surface area contributed by atoms with E-state index in [1.165, 1.54) is 10.9 Å². The van der Waals surface area contributed by atoms with Crippen LogP contribution in [0.25, 0.3) is 0 Å². The molecule has 1 unspecified atom stereocenters. The zero-order valence-corrected chi connectivity index (χ0v) is 9.19. The minimum Gasteiger partial charge on any atom is -0.462 e. The second kappa shape index (κ2) is 3.96. The number of nitrogens with one attached hydrogen (secondary N) is 1. The van der Waals surface area contributed by atoms with Crippen molar-refractivity contribution in [2.45, 2.75) is 26.4 Å². The fourth-order valence-electron chi connectivity index (χ4n) is 1.72. The Bertz CT molecular complexity index is 439. The van der Waals surface area contributed by atoms with Crippen LogP contribution in [-0.2, 0) is 11.3 Å². The molecular weight excluding hydrogens is 210 g/mol. The first kappa shape index (κ1) is 10.7. The fraction of sp³-hybridized carbons (Fsp3) is 0.500. The van der Waals surface area contributed by atoms with Gasteiger partial charge in [0.2, 0.25) is 0 Å². The zero-order valence-electron chi connectivity index (χ0n) is 9.19. The van der Waals surface area contributed by atoms with Gasteiger partial charge in [-0.15, -0.1) is 0 Å². The van der Waals surface area contributed by atoms with Crippen LogP contribution >= 0.6 is 0 Å². The number of carbonyl (C=O) groups excluding carboxylic acids is 2. The topological polar surface area (TPSA) is 73.2 Å². The molecule has 1 aliphatic rings. The summed E-state index contributed by atoms with van der Waals surface area (Å²) in [5, 5.41) is 6.77. The Labute approximate surface area is 92.6 Å². The average Bonchev–Trinajstić information content (AvgIpc) is 2.61. The third-order valence-corrected chi connectivity index (χ3v) is 2.37. The summed E-state index contributed by atoms with van der Waals surface area (Å²) in [5.74, 6) is -0.784. The molecule has 0 fully saturated rings. The van der Waals surface area contributed by atoms with E-state index in [0.717, 1.165) is 0 Å². The summed E-state index contributed by atoms with van der Waals surface area (Å²) in [6.07, 6.45) is 1.38. The fourth-order valence-corrected chi connectivity index (χ4v) is 1.72. The van der Waals surface area contributed by atoms with Crippen LogP contribution in [0.1, 0.15) is 34.7 Å². The Hall–Kier alpha value is -1.85. The predicted molar refractivity (Wildman–Crippen MR) is 55.1 cm³/mol. The van der Waals surface area contributed by atoms with E-state index in [4.69, 9.17) is 4.74 Å². The normalized spacial score (nSPS) is 18.9. The van der Waals surface area contributed by atoms with Crippen molar-refractivity contribution in [3.8, 4) is 0 Å². The molecule has 0 aliphatic carbocycles. The van der Waals surface area contributed by atoms with Crippen molar-refractivity contribution in [1.29, 1.82) is 0 Å². The maximum atomic E-state index is 11.7. The Kier molecular flexibility index (Phi) is 2.64. The summed E-state index contributed by atoms with van der Waals surface area (Å²) in [5.41, 5.74) is 0.516. The van der Waals surface area contributed by atoms with Crippen LogP contribution in [0, 0.1) is 0 Å². The van der Waals surface area contributed by atoms with Crippen LogP contribution in [-0.4, -0.2) is 34.3 Å². The molecule has 0 spiro atoms. The molecule has 1 atom stereocenters. The van der Waals surface area contributed by atoms with Gasteiger partial charge in [-0.1, -0.05) is 0 Å². The Morgan fingerprint density at radius 2 is 2.50 bits per heavy atom. The molecule has 16 heavy (non-hydrogen) atoms. The highest BCUT2D eigenvalue weighted by atomic mass is 16.5. The summed E-state index contributed by atoms with van der Waals surface area (Å²) < 4.78 is 6.39. The van der Waals surface area contributed by atoms with Gasteiger partial charge in [-0.3, -0.25) is 9.48 Å². The molecule has 1 amide bonds. The molecule has 2 rings (SSSR count). The molecule has 0 radical (unpaired) electrons. The highest BCUT2D eigenvalue weighted by Crippen LogP contribution is 2.14. The zero-order chi connectivity index (χ0) is 11.7. The Balaban J connectivity index is 2.37. The summed E-state index contributed by atoms with van der Waals surface area (Å²) in [6, 6.07) is 0.0231. The number of amides is 1. The van der Waals surface area contributed by atoms with Gasteiger partial charge in [0.25, 0.3) is 5.91 Å². The lowest BCUT2D eigenvalue weighted by Gasteiger charge is -2.21. The Morgan fingerprint density at radius 3 is 3.19 bits per heavy atom. The molecular formula is C10H13N3O3. The van der Waals surface area contributed by atoms with Crippen LogP contribution in [0.4, 0.5) is 0 Å². The lowest BCUT2D eigenvalue weighted by atomic mass is 10.2. The van der Waals surface area contributed by atoms with Gasteiger partial charge in [0.05, 0.1) is 19.3 Å². The van der Waals surface area contributed by atoms with Gasteiger partial charge >= 0.3 is 5.97 Å². The minimum absolute atomic E-state index is 0.0231. The summed E-state index contributed by atoms with van der Waals surface area (Å²) in [6.45, 7) is 4.45. The smallest absolute Gasteiger partial charge is 0.342 e. The lowest BCUT2D eigenvalue weighted by molar-refractivity contribution is 0.0521. The third-order valence-electron chi connectivity index (χ3n) is 2.37. The number of rotatable bonds is 2. The number of fused-ring (bicyclic) bond motifs is 1. The maximum absolute atomic E-state index is 11.7. The van der Waals surface area contributed by atoms with Crippen LogP contribution in [0.2, 0.25) is 0 Å². The third kappa shape index (κ3) is 1.66. The molecule has 0 saturated heterocycles. The molecule has 6 heteroatoms. The first-order valence-corrected chi connectivity index (χ1v) is 5.17. The number of nitrogens with zero attached hydrogens (tertiary/aromatic N) is 2. The van der Waals surface area contributed by atoms with Crippen LogP contribution in [0.3, 0.4) is 0 Å². The monoisotopic (exact) mass is 223 g/mol. The van der Waals surface area contributed by atoms with Gasteiger partial charge in [-0.2, -0.15) is 5.10 Å². The number of esters is 1. The van der Waals surface area contributed by atoms with Gasteiger partial charge in [0.15, 0.2) is 0 Å². The number of aromatic nitrogens is 2. The first-order chi connectivity index (χ1) is 7.63. The molecule has 0 saturated carbocycles.